The summed E-state index contributed by atoms with van der Waals surface area (Å²) in [5.74, 6) is -0.511. The van der Waals surface area contributed by atoms with Crippen molar-refractivity contribution in [3.05, 3.63) is 35.1 Å². The Morgan fingerprint density at radius 3 is 2.68 bits per heavy atom. The summed E-state index contributed by atoms with van der Waals surface area (Å²) >= 11 is 0. The van der Waals surface area contributed by atoms with E-state index in [1.807, 2.05) is 0 Å². The van der Waals surface area contributed by atoms with Gasteiger partial charge in [-0.3, -0.25) is 4.79 Å². The molecule has 0 aromatic heterocycles. The highest BCUT2D eigenvalue weighted by Crippen LogP contribution is 2.28. The molecule has 3 rings (SSSR count). The van der Waals surface area contributed by atoms with E-state index in [-0.39, 0.29) is 35.2 Å². The Bertz CT molecular complexity index is 491. The summed E-state index contributed by atoms with van der Waals surface area (Å²) in [6.45, 7) is 2.99. The number of aryl methyl sites for hydroxylation is 1. The largest absolute Gasteiger partial charge is 0.378 e. The molecule has 2 heterocycles. The van der Waals surface area contributed by atoms with Crippen LogP contribution in [0, 0.1) is 18.7 Å². The number of carbonyl (C=O) groups is 1. The standard InChI is InChI=1S/C15H18FNO2/c1-9-3-2-4-13(14(9)16)15(18)10-5-11-7-19-8-12(6-10)17-11/h2-4,10-12,17H,5-8H2,1H3. The molecule has 1 aromatic carbocycles. The number of Topliss-reactive ketones (excluding diaryl/α,β-unsaturated/α-hetero) is 1. The fraction of sp³-hybridized carbons (Fsp3) is 0.533. The van der Waals surface area contributed by atoms with Gasteiger partial charge in [0.25, 0.3) is 0 Å². The van der Waals surface area contributed by atoms with Crippen LogP contribution in [0.3, 0.4) is 0 Å². The quantitative estimate of drug-likeness (QED) is 0.830. The molecule has 0 saturated carbocycles. The molecule has 0 radical (unpaired) electrons. The van der Waals surface area contributed by atoms with E-state index in [9.17, 15) is 9.18 Å². The van der Waals surface area contributed by atoms with Crippen molar-refractivity contribution in [3.8, 4) is 0 Å². The molecular formula is C15H18FNO2. The van der Waals surface area contributed by atoms with Gasteiger partial charge in [0.1, 0.15) is 5.82 Å². The zero-order chi connectivity index (χ0) is 13.4. The van der Waals surface area contributed by atoms with Crippen molar-refractivity contribution in [2.24, 2.45) is 5.92 Å². The van der Waals surface area contributed by atoms with Crippen LogP contribution in [0.25, 0.3) is 0 Å². The van der Waals surface area contributed by atoms with Crippen LogP contribution in [0.2, 0.25) is 0 Å². The van der Waals surface area contributed by atoms with Gasteiger partial charge >= 0.3 is 0 Å². The van der Waals surface area contributed by atoms with E-state index in [4.69, 9.17) is 4.74 Å². The molecular weight excluding hydrogens is 245 g/mol. The Labute approximate surface area is 112 Å². The molecule has 2 fully saturated rings. The number of halogens is 1. The molecule has 19 heavy (non-hydrogen) atoms. The average molecular weight is 263 g/mol. The maximum Gasteiger partial charge on any atom is 0.169 e. The molecule has 3 nitrogen and oxygen atoms in total. The molecule has 2 aliphatic heterocycles. The number of hydrogen-bond acceptors (Lipinski definition) is 3. The van der Waals surface area contributed by atoms with Gasteiger partial charge in [0, 0.05) is 18.0 Å². The number of benzene rings is 1. The molecule has 4 heteroatoms. The van der Waals surface area contributed by atoms with E-state index < -0.39 is 0 Å². The van der Waals surface area contributed by atoms with Crippen LogP contribution >= 0.6 is 0 Å². The number of carbonyl (C=O) groups excluding carboxylic acids is 1. The normalized spacial score (nSPS) is 30.1. The lowest BCUT2D eigenvalue weighted by molar-refractivity contribution is 0.00945. The van der Waals surface area contributed by atoms with Crippen LogP contribution in [0.1, 0.15) is 28.8 Å². The topological polar surface area (TPSA) is 38.3 Å². The zero-order valence-electron chi connectivity index (χ0n) is 11.0. The van der Waals surface area contributed by atoms with Crippen LogP contribution in [0.15, 0.2) is 18.2 Å². The van der Waals surface area contributed by atoms with Crippen LogP contribution in [-0.2, 0) is 4.74 Å². The minimum Gasteiger partial charge on any atom is -0.378 e. The molecule has 2 unspecified atom stereocenters. The average Bonchev–Trinajstić information content (AvgIpc) is 2.41. The molecule has 0 aliphatic carbocycles. The number of piperidine rings is 1. The minimum atomic E-state index is -0.368. The fourth-order valence-corrected chi connectivity index (χ4v) is 3.11. The lowest BCUT2D eigenvalue weighted by Gasteiger charge is -2.39. The Kier molecular flexibility index (Phi) is 3.37. The summed E-state index contributed by atoms with van der Waals surface area (Å²) in [6, 6.07) is 5.50. The minimum absolute atomic E-state index is 0.0559. The number of fused-ring (bicyclic) bond motifs is 2. The first-order valence-electron chi connectivity index (χ1n) is 6.78. The van der Waals surface area contributed by atoms with Gasteiger partial charge in [-0.25, -0.2) is 4.39 Å². The Balaban J connectivity index is 1.82. The van der Waals surface area contributed by atoms with E-state index in [0.29, 0.717) is 18.8 Å². The van der Waals surface area contributed by atoms with Crippen LogP contribution in [0.5, 0.6) is 0 Å². The van der Waals surface area contributed by atoms with Crippen molar-refractivity contribution in [3.63, 3.8) is 0 Å². The predicted octanol–water partition coefficient (Wildman–Crippen LogP) is 2.08. The Hall–Kier alpha value is -1.26. The smallest absolute Gasteiger partial charge is 0.169 e. The second-order valence-corrected chi connectivity index (χ2v) is 5.57. The molecule has 2 atom stereocenters. The molecule has 0 amide bonds. The van der Waals surface area contributed by atoms with Crippen molar-refractivity contribution in [1.82, 2.24) is 5.32 Å². The SMILES string of the molecule is Cc1cccc(C(=O)C2CC3COCC(C2)N3)c1F. The van der Waals surface area contributed by atoms with Crippen molar-refractivity contribution in [1.29, 1.82) is 0 Å². The first-order valence-corrected chi connectivity index (χ1v) is 6.78. The van der Waals surface area contributed by atoms with Gasteiger partial charge in [-0.1, -0.05) is 12.1 Å². The summed E-state index contributed by atoms with van der Waals surface area (Å²) in [6.07, 6.45) is 1.48. The first-order chi connectivity index (χ1) is 9.15. The summed E-state index contributed by atoms with van der Waals surface area (Å²) in [5.41, 5.74) is 0.772. The van der Waals surface area contributed by atoms with Gasteiger partial charge < -0.3 is 10.1 Å². The molecule has 2 saturated heterocycles. The lowest BCUT2D eigenvalue weighted by Crippen LogP contribution is -2.55. The van der Waals surface area contributed by atoms with E-state index in [2.05, 4.69) is 5.32 Å². The van der Waals surface area contributed by atoms with Crippen molar-refractivity contribution < 1.29 is 13.9 Å². The van der Waals surface area contributed by atoms with Gasteiger partial charge in [-0.05, 0) is 31.4 Å². The number of ether oxygens (including phenoxy) is 1. The molecule has 0 spiro atoms. The van der Waals surface area contributed by atoms with E-state index in [1.165, 1.54) is 0 Å². The van der Waals surface area contributed by atoms with E-state index in [1.54, 1.807) is 25.1 Å². The number of nitrogens with one attached hydrogen (secondary N) is 1. The summed E-state index contributed by atoms with van der Waals surface area (Å²) < 4.78 is 19.5. The number of rotatable bonds is 2. The zero-order valence-corrected chi connectivity index (χ0v) is 11.0. The third-order valence-corrected chi connectivity index (χ3v) is 4.08. The third-order valence-electron chi connectivity index (χ3n) is 4.08. The van der Waals surface area contributed by atoms with Crippen LogP contribution in [0.4, 0.5) is 4.39 Å². The monoisotopic (exact) mass is 263 g/mol. The van der Waals surface area contributed by atoms with Crippen LogP contribution in [-0.4, -0.2) is 31.1 Å². The Morgan fingerprint density at radius 2 is 2.00 bits per heavy atom. The van der Waals surface area contributed by atoms with Gasteiger partial charge in [0.15, 0.2) is 5.78 Å². The van der Waals surface area contributed by atoms with Gasteiger partial charge in [0.2, 0.25) is 0 Å². The Morgan fingerprint density at radius 1 is 1.32 bits per heavy atom. The molecule has 102 valence electrons. The van der Waals surface area contributed by atoms with Crippen LogP contribution < -0.4 is 5.32 Å². The lowest BCUT2D eigenvalue weighted by atomic mass is 9.82. The summed E-state index contributed by atoms with van der Waals surface area (Å²) in [7, 11) is 0. The molecule has 1 aromatic rings. The van der Waals surface area contributed by atoms with E-state index >= 15 is 0 Å². The second-order valence-electron chi connectivity index (χ2n) is 5.57. The van der Waals surface area contributed by atoms with Crippen molar-refractivity contribution in [2.45, 2.75) is 31.8 Å². The van der Waals surface area contributed by atoms with Gasteiger partial charge in [0.05, 0.1) is 18.8 Å². The third kappa shape index (κ3) is 2.42. The molecule has 2 bridgehead atoms. The maximum atomic E-state index is 14.0. The van der Waals surface area contributed by atoms with E-state index in [0.717, 1.165) is 12.8 Å². The van der Waals surface area contributed by atoms with Crippen molar-refractivity contribution >= 4 is 5.78 Å². The highest BCUT2D eigenvalue weighted by Gasteiger charge is 2.36. The number of hydrogen-bond donors (Lipinski definition) is 1. The van der Waals surface area contributed by atoms with Gasteiger partial charge in [-0.2, -0.15) is 0 Å². The summed E-state index contributed by atoms with van der Waals surface area (Å²) in [4.78, 5) is 12.5. The second kappa shape index (κ2) is 5.02. The highest BCUT2D eigenvalue weighted by atomic mass is 19.1. The number of ketones is 1. The first kappa shape index (κ1) is 12.8. The maximum absolute atomic E-state index is 14.0. The number of morpholine rings is 1. The van der Waals surface area contributed by atoms with Crippen molar-refractivity contribution in [2.75, 3.05) is 13.2 Å². The summed E-state index contributed by atoms with van der Waals surface area (Å²) in [5, 5.41) is 3.44. The molecule has 1 N–H and O–H groups in total. The molecule has 2 aliphatic rings. The predicted molar refractivity (Wildman–Crippen MR) is 69.7 cm³/mol. The van der Waals surface area contributed by atoms with Gasteiger partial charge in [-0.15, -0.1) is 0 Å². The highest BCUT2D eigenvalue weighted by molar-refractivity contribution is 5.98. The fourth-order valence-electron chi connectivity index (χ4n) is 3.11.